The predicted octanol–water partition coefficient (Wildman–Crippen LogP) is 3.04. The minimum atomic E-state index is -0.715. The molecule has 2 unspecified atom stereocenters. The van der Waals surface area contributed by atoms with Crippen molar-refractivity contribution in [2.45, 2.75) is 38.6 Å². The third-order valence-corrected chi connectivity index (χ3v) is 7.61. The van der Waals surface area contributed by atoms with E-state index < -0.39 is 5.54 Å². The van der Waals surface area contributed by atoms with Gasteiger partial charge in [0.1, 0.15) is 17.9 Å². The van der Waals surface area contributed by atoms with Crippen molar-refractivity contribution in [1.82, 2.24) is 20.0 Å². The molecule has 0 bridgehead atoms. The summed E-state index contributed by atoms with van der Waals surface area (Å²) in [5.74, 6) is 1.02. The molecule has 2 aliphatic heterocycles. The van der Waals surface area contributed by atoms with Crippen LogP contribution in [0.5, 0.6) is 5.75 Å². The topological polar surface area (TPSA) is 65.1 Å². The molecule has 31 heavy (non-hydrogen) atoms. The molecule has 170 valence electrons. The molecule has 1 aromatic carbocycles. The van der Waals surface area contributed by atoms with Gasteiger partial charge in [-0.1, -0.05) is 44.0 Å². The van der Waals surface area contributed by atoms with Crippen LogP contribution in [0.25, 0.3) is 0 Å². The molecular weight excluding hydrogens is 416 g/mol. The van der Waals surface area contributed by atoms with Gasteiger partial charge in [-0.2, -0.15) is 0 Å². The first-order chi connectivity index (χ1) is 14.9. The van der Waals surface area contributed by atoms with Crippen LogP contribution in [0.1, 0.15) is 33.1 Å². The minimum absolute atomic E-state index is 0.0345. The molecule has 8 heteroatoms. The second-order valence-corrected chi connectivity index (χ2v) is 9.55. The van der Waals surface area contributed by atoms with Crippen LogP contribution in [-0.4, -0.2) is 78.2 Å². The highest BCUT2D eigenvalue weighted by Gasteiger charge is 2.58. The number of nitrogens with zero attached hydrogens (tertiary/aromatic N) is 3. The fraction of sp³-hybridized carbons (Fsp3) is 0.652. The van der Waals surface area contributed by atoms with Crippen LogP contribution in [0.3, 0.4) is 0 Å². The molecule has 3 aliphatic rings. The lowest BCUT2D eigenvalue weighted by molar-refractivity contribution is -0.138. The number of halogens is 1. The number of carbonyl (C=O) groups is 2. The Labute approximate surface area is 189 Å². The second kappa shape index (κ2) is 9.35. The average Bonchev–Trinajstić information content (AvgIpc) is 3.00. The summed E-state index contributed by atoms with van der Waals surface area (Å²) >= 11 is 6.13. The number of benzene rings is 1. The SMILES string of the molecule is CC1CCCC(C)C12NC(=O)N(CN1CCN(CCOc3ccccc3Cl)CC1)C2=O. The highest BCUT2D eigenvalue weighted by atomic mass is 35.5. The highest BCUT2D eigenvalue weighted by molar-refractivity contribution is 6.32. The van der Waals surface area contributed by atoms with Crippen LogP contribution in [0.4, 0.5) is 4.79 Å². The zero-order chi connectivity index (χ0) is 22.0. The molecule has 1 spiro atoms. The lowest BCUT2D eigenvalue weighted by atomic mass is 9.67. The van der Waals surface area contributed by atoms with E-state index in [9.17, 15) is 9.59 Å². The molecule has 2 saturated heterocycles. The Bertz CT molecular complexity index is 802. The van der Waals surface area contributed by atoms with E-state index in [1.807, 2.05) is 24.3 Å². The Kier molecular flexibility index (Phi) is 6.74. The quantitative estimate of drug-likeness (QED) is 0.677. The Morgan fingerprint density at radius 1 is 1.06 bits per heavy atom. The maximum absolute atomic E-state index is 13.3. The summed E-state index contributed by atoms with van der Waals surface area (Å²) in [5, 5.41) is 3.71. The molecule has 1 aromatic rings. The summed E-state index contributed by atoms with van der Waals surface area (Å²) < 4.78 is 5.79. The number of amides is 3. The van der Waals surface area contributed by atoms with Gasteiger partial charge in [-0.15, -0.1) is 0 Å². The number of hydrogen-bond acceptors (Lipinski definition) is 5. The number of ether oxygens (including phenoxy) is 1. The molecule has 4 rings (SSSR count). The maximum Gasteiger partial charge on any atom is 0.326 e. The zero-order valence-electron chi connectivity index (χ0n) is 18.5. The van der Waals surface area contributed by atoms with Crippen molar-refractivity contribution in [2.75, 3.05) is 46.0 Å². The van der Waals surface area contributed by atoms with Gasteiger partial charge >= 0.3 is 6.03 Å². The first kappa shape index (κ1) is 22.4. The molecular formula is C23H33ClN4O3. The van der Waals surface area contributed by atoms with Crippen molar-refractivity contribution in [3.8, 4) is 5.75 Å². The Balaban J connectivity index is 1.26. The molecule has 0 aromatic heterocycles. The van der Waals surface area contributed by atoms with Crippen molar-refractivity contribution >= 4 is 23.5 Å². The van der Waals surface area contributed by atoms with E-state index in [1.54, 1.807) is 0 Å². The number of nitrogens with one attached hydrogen (secondary N) is 1. The molecule has 7 nitrogen and oxygen atoms in total. The Hall–Kier alpha value is -1.83. The van der Waals surface area contributed by atoms with Crippen LogP contribution in [-0.2, 0) is 4.79 Å². The number of imide groups is 1. The number of piperazine rings is 1. The van der Waals surface area contributed by atoms with Crippen molar-refractivity contribution in [3.05, 3.63) is 29.3 Å². The van der Waals surface area contributed by atoms with E-state index in [1.165, 1.54) is 4.90 Å². The van der Waals surface area contributed by atoms with E-state index in [2.05, 4.69) is 29.0 Å². The van der Waals surface area contributed by atoms with Gasteiger partial charge < -0.3 is 10.1 Å². The first-order valence-corrected chi connectivity index (χ1v) is 11.8. The van der Waals surface area contributed by atoms with Crippen LogP contribution in [0.15, 0.2) is 24.3 Å². The smallest absolute Gasteiger partial charge is 0.326 e. The summed E-state index contributed by atoms with van der Waals surface area (Å²) in [6, 6.07) is 7.26. The van der Waals surface area contributed by atoms with Gasteiger partial charge in [-0.05, 0) is 36.8 Å². The second-order valence-electron chi connectivity index (χ2n) is 9.15. The third kappa shape index (κ3) is 4.41. The van der Waals surface area contributed by atoms with Gasteiger partial charge in [-0.25, -0.2) is 9.69 Å². The van der Waals surface area contributed by atoms with Gasteiger partial charge in [0.25, 0.3) is 5.91 Å². The van der Waals surface area contributed by atoms with Gasteiger partial charge in [0.05, 0.1) is 11.7 Å². The van der Waals surface area contributed by atoms with Gasteiger partial charge in [0.2, 0.25) is 0 Å². The van der Waals surface area contributed by atoms with Crippen LogP contribution >= 0.6 is 11.6 Å². The van der Waals surface area contributed by atoms with E-state index in [0.717, 1.165) is 52.0 Å². The van der Waals surface area contributed by atoms with E-state index in [-0.39, 0.29) is 23.8 Å². The third-order valence-electron chi connectivity index (χ3n) is 7.29. The van der Waals surface area contributed by atoms with Crippen LogP contribution in [0, 0.1) is 11.8 Å². The molecule has 0 radical (unpaired) electrons. The Morgan fingerprint density at radius 3 is 2.39 bits per heavy atom. The molecule has 3 amide bonds. The molecule has 3 fully saturated rings. The fourth-order valence-electron chi connectivity index (χ4n) is 5.28. The van der Waals surface area contributed by atoms with Crippen LogP contribution in [0.2, 0.25) is 5.02 Å². The number of hydrogen-bond donors (Lipinski definition) is 1. The van der Waals surface area contributed by atoms with Gasteiger partial charge in [0, 0.05) is 32.7 Å². The van der Waals surface area contributed by atoms with Gasteiger partial charge in [0.15, 0.2) is 0 Å². The monoisotopic (exact) mass is 448 g/mol. The Morgan fingerprint density at radius 2 is 1.71 bits per heavy atom. The molecule has 1 saturated carbocycles. The fourth-order valence-corrected chi connectivity index (χ4v) is 5.47. The molecule has 1 aliphatic carbocycles. The zero-order valence-corrected chi connectivity index (χ0v) is 19.2. The van der Waals surface area contributed by atoms with E-state index >= 15 is 0 Å². The summed E-state index contributed by atoms with van der Waals surface area (Å²) in [7, 11) is 0. The predicted molar refractivity (Wildman–Crippen MR) is 120 cm³/mol. The van der Waals surface area contributed by atoms with Crippen molar-refractivity contribution in [2.24, 2.45) is 11.8 Å². The summed E-state index contributed by atoms with van der Waals surface area (Å²) in [5.41, 5.74) is -0.715. The molecule has 2 heterocycles. The van der Waals surface area contributed by atoms with E-state index in [0.29, 0.717) is 24.0 Å². The molecule has 1 N–H and O–H groups in total. The summed E-state index contributed by atoms with van der Waals surface area (Å²) in [4.78, 5) is 32.0. The van der Waals surface area contributed by atoms with Crippen LogP contribution < -0.4 is 10.1 Å². The van der Waals surface area contributed by atoms with Gasteiger partial charge in [-0.3, -0.25) is 14.6 Å². The number of para-hydroxylation sites is 1. The lowest BCUT2D eigenvalue weighted by Gasteiger charge is -2.42. The van der Waals surface area contributed by atoms with Crippen molar-refractivity contribution < 1.29 is 14.3 Å². The number of carbonyl (C=O) groups excluding carboxylic acids is 2. The minimum Gasteiger partial charge on any atom is -0.491 e. The normalized spacial score (nSPS) is 30.1. The standard InChI is InChI=1S/C23H33ClN4O3/c1-17-6-5-7-18(2)23(17)21(29)28(22(30)25-23)16-27-12-10-26(11-13-27)14-15-31-20-9-4-3-8-19(20)24/h3-4,8-9,17-18H,5-7,10-16H2,1-2H3,(H,25,30). The first-order valence-electron chi connectivity index (χ1n) is 11.4. The number of rotatable bonds is 6. The summed E-state index contributed by atoms with van der Waals surface area (Å²) in [6.07, 6.45) is 3.09. The largest absolute Gasteiger partial charge is 0.491 e. The van der Waals surface area contributed by atoms with Crippen molar-refractivity contribution in [1.29, 1.82) is 0 Å². The number of urea groups is 1. The average molecular weight is 449 g/mol. The highest BCUT2D eigenvalue weighted by Crippen LogP contribution is 2.42. The van der Waals surface area contributed by atoms with E-state index in [4.69, 9.17) is 16.3 Å². The summed E-state index contributed by atoms with van der Waals surface area (Å²) in [6.45, 7) is 9.37. The van der Waals surface area contributed by atoms with Crippen molar-refractivity contribution in [3.63, 3.8) is 0 Å². The lowest BCUT2D eigenvalue weighted by Crippen LogP contribution is -2.59. The maximum atomic E-state index is 13.3. The molecule has 2 atom stereocenters.